The molecule has 1 atom stereocenters. The molecule has 152 valence electrons. The summed E-state index contributed by atoms with van der Waals surface area (Å²) in [4.78, 5) is 17.8. The van der Waals surface area contributed by atoms with Crippen LogP contribution < -0.4 is 9.47 Å². The van der Waals surface area contributed by atoms with E-state index in [1.54, 1.807) is 18.3 Å². The Morgan fingerprint density at radius 2 is 1.87 bits per heavy atom. The number of carbonyl (C=O) groups is 1. The lowest BCUT2D eigenvalue weighted by Crippen LogP contribution is -2.22. The van der Waals surface area contributed by atoms with Gasteiger partial charge in [-0.1, -0.05) is 24.3 Å². The van der Waals surface area contributed by atoms with Gasteiger partial charge in [-0.05, 0) is 65.4 Å². The van der Waals surface area contributed by atoms with Gasteiger partial charge in [-0.2, -0.15) is 0 Å². The van der Waals surface area contributed by atoms with Gasteiger partial charge in [-0.25, -0.2) is 0 Å². The number of hydrogen-bond acceptors (Lipinski definition) is 6. The van der Waals surface area contributed by atoms with E-state index < -0.39 is 16.5 Å². The molecular weight excluding hydrogens is 402 g/mol. The van der Waals surface area contributed by atoms with E-state index in [0.29, 0.717) is 17.2 Å². The first-order chi connectivity index (χ1) is 14.5. The van der Waals surface area contributed by atoms with Gasteiger partial charge in [-0.3, -0.25) is 14.0 Å². The molecule has 1 unspecified atom stereocenters. The van der Waals surface area contributed by atoms with E-state index in [9.17, 15) is 13.6 Å². The number of benzene rings is 2. The number of fused-ring (bicyclic) bond motifs is 1. The first kappa shape index (κ1) is 19.0. The van der Waals surface area contributed by atoms with E-state index in [4.69, 9.17) is 9.47 Å². The van der Waals surface area contributed by atoms with Crippen molar-refractivity contribution in [3.8, 4) is 22.6 Å². The van der Waals surface area contributed by atoms with Gasteiger partial charge in [0.05, 0.1) is 5.41 Å². The molecule has 1 saturated carbocycles. The van der Waals surface area contributed by atoms with Gasteiger partial charge in [0.15, 0.2) is 11.5 Å². The Balaban J connectivity index is 1.33. The van der Waals surface area contributed by atoms with Crippen LogP contribution >= 0.6 is 0 Å². The zero-order chi connectivity index (χ0) is 20.7. The number of rotatable bonds is 6. The van der Waals surface area contributed by atoms with E-state index in [-0.39, 0.29) is 23.9 Å². The van der Waals surface area contributed by atoms with Crippen LogP contribution in [-0.4, -0.2) is 26.3 Å². The smallest absolute Gasteiger partial charge is 0.231 e. The highest BCUT2D eigenvalue weighted by Gasteiger charge is 2.50. The van der Waals surface area contributed by atoms with E-state index in [1.165, 1.54) is 6.07 Å². The third-order valence-corrected chi connectivity index (χ3v) is 6.37. The molecule has 0 N–H and O–H groups in total. The minimum Gasteiger partial charge on any atom is -0.768 e. The maximum absolute atomic E-state index is 13.1. The first-order valence-electron chi connectivity index (χ1n) is 9.63. The number of nitrogens with zero attached hydrogens (tertiary/aromatic N) is 1. The Hall–Kier alpha value is -3.03. The molecule has 1 aromatic heterocycles. The number of carbonyl (C=O) groups excluding carboxylic acids is 1. The molecule has 2 aliphatic rings. The molecule has 1 aliphatic carbocycles. The van der Waals surface area contributed by atoms with Crippen molar-refractivity contribution in [2.24, 2.45) is 0 Å². The Morgan fingerprint density at radius 1 is 1.03 bits per heavy atom. The van der Waals surface area contributed by atoms with Crippen molar-refractivity contribution < 1.29 is 23.0 Å². The molecule has 2 aromatic carbocycles. The van der Waals surface area contributed by atoms with Gasteiger partial charge in [-0.15, -0.1) is 0 Å². The quantitative estimate of drug-likeness (QED) is 0.567. The topological polar surface area (TPSA) is 88.6 Å². The minimum atomic E-state index is -2.28. The summed E-state index contributed by atoms with van der Waals surface area (Å²) in [6.45, 7) is 0.212. The normalized spacial score (nSPS) is 16.8. The van der Waals surface area contributed by atoms with Crippen molar-refractivity contribution in [2.75, 3.05) is 6.79 Å². The molecule has 6 nitrogen and oxygen atoms in total. The van der Waals surface area contributed by atoms with Crippen LogP contribution in [0.5, 0.6) is 11.5 Å². The van der Waals surface area contributed by atoms with Crippen molar-refractivity contribution in [1.82, 2.24) is 4.98 Å². The zero-order valence-electron chi connectivity index (χ0n) is 16.0. The van der Waals surface area contributed by atoms with Crippen LogP contribution in [0.25, 0.3) is 11.1 Å². The molecule has 5 rings (SSSR count). The highest BCUT2D eigenvalue weighted by molar-refractivity contribution is 7.79. The summed E-state index contributed by atoms with van der Waals surface area (Å²) in [7, 11) is 0. The molecule has 1 fully saturated rings. The number of Topliss-reactive ketones (excluding diaryl/α,β-unsaturated/α-hetero) is 1. The van der Waals surface area contributed by atoms with Crippen LogP contribution in [-0.2, 0) is 27.7 Å². The highest BCUT2D eigenvalue weighted by Crippen LogP contribution is 2.51. The van der Waals surface area contributed by atoms with Gasteiger partial charge in [0.2, 0.25) is 6.79 Å². The van der Waals surface area contributed by atoms with Crippen LogP contribution in [0, 0.1) is 0 Å². The lowest BCUT2D eigenvalue weighted by Gasteiger charge is -2.15. The lowest BCUT2D eigenvalue weighted by atomic mass is 9.88. The van der Waals surface area contributed by atoms with Crippen molar-refractivity contribution in [3.05, 3.63) is 72.1 Å². The molecule has 0 bridgehead atoms. The predicted molar refractivity (Wildman–Crippen MR) is 109 cm³/mol. The van der Waals surface area contributed by atoms with Crippen molar-refractivity contribution in [2.45, 2.75) is 29.6 Å². The summed E-state index contributed by atoms with van der Waals surface area (Å²) in [6.07, 6.45) is 3.57. The molecule has 0 spiro atoms. The summed E-state index contributed by atoms with van der Waals surface area (Å²) >= 11 is -2.28. The third kappa shape index (κ3) is 3.40. The van der Waals surface area contributed by atoms with Crippen LogP contribution in [0.2, 0.25) is 0 Å². The van der Waals surface area contributed by atoms with Crippen LogP contribution in [0.15, 0.2) is 65.7 Å². The number of ether oxygens (including phenoxy) is 2. The van der Waals surface area contributed by atoms with Crippen LogP contribution in [0.1, 0.15) is 24.1 Å². The number of ketones is 1. The molecule has 2 heterocycles. The van der Waals surface area contributed by atoms with Gasteiger partial charge in [0.1, 0.15) is 5.78 Å². The fourth-order valence-corrected chi connectivity index (χ4v) is 4.27. The number of hydrogen-bond donors (Lipinski definition) is 0. The Morgan fingerprint density at radius 3 is 2.60 bits per heavy atom. The number of aromatic nitrogens is 1. The summed E-state index contributed by atoms with van der Waals surface area (Å²) in [5.41, 5.74) is 2.76. The summed E-state index contributed by atoms with van der Waals surface area (Å²) in [6, 6.07) is 16.1. The Bertz CT molecular complexity index is 1150. The Labute approximate surface area is 176 Å². The SMILES string of the molecule is O=C(Cc1ccc(-c2cccc(S(=O)[O-])c2)cn1)C1(c2ccc3c(c2)OCO3)CC1. The van der Waals surface area contributed by atoms with Crippen molar-refractivity contribution >= 4 is 16.9 Å². The van der Waals surface area contributed by atoms with E-state index in [1.807, 2.05) is 36.4 Å². The molecule has 1 aliphatic heterocycles. The number of pyridine rings is 1. The first-order valence-corrected chi connectivity index (χ1v) is 10.7. The van der Waals surface area contributed by atoms with Crippen molar-refractivity contribution in [3.63, 3.8) is 0 Å². The summed E-state index contributed by atoms with van der Waals surface area (Å²) in [5, 5.41) is 0. The summed E-state index contributed by atoms with van der Waals surface area (Å²) < 4.78 is 33.2. The van der Waals surface area contributed by atoms with E-state index in [0.717, 1.165) is 29.5 Å². The average molecular weight is 420 g/mol. The maximum atomic E-state index is 13.1. The largest absolute Gasteiger partial charge is 0.768 e. The van der Waals surface area contributed by atoms with Gasteiger partial charge < -0.3 is 14.0 Å². The third-order valence-electron chi connectivity index (χ3n) is 5.74. The van der Waals surface area contributed by atoms with E-state index >= 15 is 0 Å². The minimum absolute atomic E-state index is 0.144. The highest BCUT2D eigenvalue weighted by atomic mass is 32.2. The van der Waals surface area contributed by atoms with Gasteiger partial charge in [0.25, 0.3) is 0 Å². The lowest BCUT2D eigenvalue weighted by molar-refractivity contribution is -0.120. The average Bonchev–Trinajstić information content (AvgIpc) is 3.45. The Kier molecular flexibility index (Phi) is 4.64. The fourth-order valence-electron chi connectivity index (χ4n) is 3.86. The molecule has 0 saturated heterocycles. The second-order valence-corrected chi connectivity index (χ2v) is 8.49. The summed E-state index contributed by atoms with van der Waals surface area (Å²) in [5.74, 6) is 1.55. The fraction of sp³-hybridized carbons (Fsp3) is 0.217. The zero-order valence-corrected chi connectivity index (χ0v) is 16.8. The molecule has 7 heteroatoms. The maximum Gasteiger partial charge on any atom is 0.231 e. The molecule has 30 heavy (non-hydrogen) atoms. The molecule has 3 aromatic rings. The van der Waals surface area contributed by atoms with Gasteiger partial charge >= 0.3 is 0 Å². The van der Waals surface area contributed by atoms with Crippen LogP contribution in [0.3, 0.4) is 0 Å². The van der Waals surface area contributed by atoms with Crippen molar-refractivity contribution in [1.29, 1.82) is 0 Å². The monoisotopic (exact) mass is 420 g/mol. The standard InChI is InChI=1S/C23H19NO5S/c25-22(23(8-9-23)17-5-7-20-21(11-17)29-14-28-20)12-18-6-4-16(13-24-18)15-2-1-3-19(10-15)30(26)27/h1-7,10-11,13H,8-9,12,14H2,(H,26,27)/p-1. The molecular formula is C23H18NO5S-. The predicted octanol–water partition coefficient (Wildman–Crippen LogP) is 3.56. The second kappa shape index (κ2) is 7.34. The second-order valence-electron chi connectivity index (χ2n) is 7.55. The van der Waals surface area contributed by atoms with Gasteiger partial charge in [0, 0.05) is 28.8 Å². The van der Waals surface area contributed by atoms with Crippen LogP contribution in [0.4, 0.5) is 0 Å². The molecule has 0 radical (unpaired) electrons. The molecule has 0 amide bonds. The van der Waals surface area contributed by atoms with E-state index in [2.05, 4.69) is 4.98 Å².